The van der Waals surface area contributed by atoms with Crippen molar-refractivity contribution in [3.05, 3.63) is 47.8 Å². The monoisotopic (exact) mass is 290 g/mol. The maximum atomic E-state index is 11.8. The smallest absolute Gasteiger partial charge is 0.358 e. The maximum Gasteiger partial charge on any atom is 0.358 e. The van der Waals surface area contributed by atoms with Crippen molar-refractivity contribution in [1.82, 2.24) is 4.90 Å². The SMILES string of the molecule is CCOC(=O)C1=CN(Cc2ccccc2)C(O)C(OC)=N1. The highest BCUT2D eigenvalue weighted by Gasteiger charge is 2.28. The lowest BCUT2D eigenvalue weighted by Crippen LogP contribution is -2.41. The highest BCUT2D eigenvalue weighted by atomic mass is 16.5. The molecule has 0 amide bonds. The zero-order valence-corrected chi connectivity index (χ0v) is 12.0. The number of rotatable bonds is 4. The molecule has 1 atom stereocenters. The van der Waals surface area contributed by atoms with Crippen molar-refractivity contribution in [3.63, 3.8) is 0 Å². The van der Waals surface area contributed by atoms with Gasteiger partial charge in [-0.2, -0.15) is 0 Å². The summed E-state index contributed by atoms with van der Waals surface area (Å²) in [6.45, 7) is 2.40. The Hall–Kier alpha value is -2.34. The molecule has 6 heteroatoms. The molecule has 0 fully saturated rings. The van der Waals surface area contributed by atoms with Crippen molar-refractivity contribution >= 4 is 11.9 Å². The van der Waals surface area contributed by atoms with E-state index in [2.05, 4.69) is 4.99 Å². The Balaban J connectivity index is 2.23. The molecule has 21 heavy (non-hydrogen) atoms. The topological polar surface area (TPSA) is 71.4 Å². The minimum Gasteiger partial charge on any atom is -0.481 e. The minimum atomic E-state index is -1.03. The Morgan fingerprint density at radius 3 is 2.71 bits per heavy atom. The van der Waals surface area contributed by atoms with Crippen LogP contribution in [0.25, 0.3) is 0 Å². The molecule has 0 bridgehead atoms. The second-order valence-electron chi connectivity index (χ2n) is 4.42. The molecule has 1 aliphatic rings. The number of aliphatic imine (C=N–C) groups is 1. The van der Waals surface area contributed by atoms with Crippen LogP contribution in [-0.2, 0) is 20.8 Å². The first-order valence-corrected chi connectivity index (χ1v) is 6.65. The van der Waals surface area contributed by atoms with Crippen molar-refractivity contribution in [2.45, 2.75) is 19.7 Å². The van der Waals surface area contributed by atoms with E-state index in [1.54, 1.807) is 11.8 Å². The van der Waals surface area contributed by atoms with E-state index in [1.807, 2.05) is 30.3 Å². The fourth-order valence-electron chi connectivity index (χ4n) is 1.96. The fourth-order valence-corrected chi connectivity index (χ4v) is 1.96. The minimum absolute atomic E-state index is 0.0662. The molecule has 1 aromatic rings. The summed E-state index contributed by atoms with van der Waals surface area (Å²) in [4.78, 5) is 17.4. The number of carbonyl (C=O) groups excluding carboxylic acids is 1. The third-order valence-electron chi connectivity index (χ3n) is 2.96. The first-order chi connectivity index (χ1) is 10.2. The van der Waals surface area contributed by atoms with E-state index in [0.717, 1.165) is 5.56 Å². The predicted molar refractivity (Wildman–Crippen MR) is 77.2 cm³/mol. The van der Waals surface area contributed by atoms with Gasteiger partial charge in [-0.05, 0) is 12.5 Å². The lowest BCUT2D eigenvalue weighted by atomic mass is 10.2. The Bertz CT molecular complexity index is 554. The molecule has 0 saturated carbocycles. The van der Waals surface area contributed by atoms with Crippen molar-refractivity contribution in [2.75, 3.05) is 13.7 Å². The number of ether oxygens (including phenoxy) is 2. The second-order valence-corrected chi connectivity index (χ2v) is 4.42. The molecule has 1 heterocycles. The van der Waals surface area contributed by atoms with E-state index < -0.39 is 12.2 Å². The number of methoxy groups -OCH3 is 1. The molecule has 0 aromatic heterocycles. The van der Waals surface area contributed by atoms with Gasteiger partial charge in [0.25, 0.3) is 0 Å². The van der Waals surface area contributed by atoms with Crippen LogP contribution in [0.4, 0.5) is 0 Å². The van der Waals surface area contributed by atoms with E-state index in [1.165, 1.54) is 13.3 Å². The lowest BCUT2D eigenvalue weighted by Gasteiger charge is -2.30. The van der Waals surface area contributed by atoms with E-state index in [9.17, 15) is 9.90 Å². The third kappa shape index (κ3) is 3.61. The Morgan fingerprint density at radius 1 is 1.38 bits per heavy atom. The van der Waals surface area contributed by atoms with Gasteiger partial charge in [-0.1, -0.05) is 30.3 Å². The summed E-state index contributed by atoms with van der Waals surface area (Å²) in [5, 5.41) is 10.2. The molecule has 6 nitrogen and oxygen atoms in total. The Kier molecular flexibility index (Phi) is 4.94. The van der Waals surface area contributed by atoms with Crippen molar-refractivity contribution in [2.24, 2.45) is 4.99 Å². The maximum absolute atomic E-state index is 11.8. The first-order valence-electron chi connectivity index (χ1n) is 6.65. The van der Waals surface area contributed by atoms with E-state index >= 15 is 0 Å². The van der Waals surface area contributed by atoms with Crippen LogP contribution in [0.3, 0.4) is 0 Å². The van der Waals surface area contributed by atoms with Crippen LogP contribution in [-0.4, -0.2) is 41.8 Å². The standard InChI is InChI=1S/C15H18N2O4/c1-3-21-15(19)12-10-17(14(18)13(16-12)20-2)9-11-7-5-4-6-8-11/h4-8,10,14,18H,3,9H2,1-2H3. The third-order valence-corrected chi connectivity index (χ3v) is 2.96. The average Bonchev–Trinajstić information content (AvgIpc) is 2.50. The van der Waals surface area contributed by atoms with E-state index in [4.69, 9.17) is 9.47 Å². The molecule has 1 aliphatic heterocycles. The van der Waals surface area contributed by atoms with Crippen molar-refractivity contribution in [1.29, 1.82) is 0 Å². The van der Waals surface area contributed by atoms with E-state index in [0.29, 0.717) is 6.54 Å². The number of aliphatic hydroxyl groups is 1. The number of aliphatic hydroxyl groups excluding tert-OH is 1. The number of benzene rings is 1. The largest absolute Gasteiger partial charge is 0.481 e. The molecule has 112 valence electrons. The summed E-state index contributed by atoms with van der Waals surface area (Å²) in [6.07, 6.45) is 0.450. The summed E-state index contributed by atoms with van der Waals surface area (Å²) in [5.41, 5.74) is 1.10. The molecule has 2 rings (SSSR count). The van der Waals surface area contributed by atoms with Gasteiger partial charge in [0, 0.05) is 12.7 Å². The highest BCUT2D eigenvalue weighted by Crippen LogP contribution is 2.18. The predicted octanol–water partition coefficient (Wildman–Crippen LogP) is 1.27. The fraction of sp³-hybridized carbons (Fsp3) is 0.333. The van der Waals surface area contributed by atoms with Gasteiger partial charge in [0.15, 0.2) is 5.70 Å². The van der Waals surface area contributed by atoms with Crippen LogP contribution in [0, 0.1) is 0 Å². The van der Waals surface area contributed by atoms with Gasteiger partial charge in [-0.15, -0.1) is 0 Å². The Morgan fingerprint density at radius 2 is 2.10 bits per heavy atom. The van der Waals surface area contributed by atoms with Crippen LogP contribution < -0.4 is 0 Å². The normalized spacial score (nSPS) is 17.9. The van der Waals surface area contributed by atoms with Gasteiger partial charge in [-0.3, -0.25) is 0 Å². The van der Waals surface area contributed by atoms with Crippen LogP contribution in [0.1, 0.15) is 12.5 Å². The van der Waals surface area contributed by atoms with Gasteiger partial charge in [-0.25, -0.2) is 9.79 Å². The van der Waals surface area contributed by atoms with Crippen molar-refractivity contribution < 1.29 is 19.4 Å². The summed E-state index contributed by atoms with van der Waals surface area (Å²) in [6, 6.07) is 9.60. The number of hydrogen-bond acceptors (Lipinski definition) is 6. The van der Waals surface area contributed by atoms with Gasteiger partial charge in [0.2, 0.25) is 12.1 Å². The number of esters is 1. The molecular weight excluding hydrogens is 272 g/mol. The van der Waals surface area contributed by atoms with Crippen LogP contribution >= 0.6 is 0 Å². The lowest BCUT2D eigenvalue weighted by molar-refractivity contribution is -0.138. The zero-order valence-electron chi connectivity index (χ0n) is 12.0. The molecule has 0 saturated heterocycles. The van der Waals surface area contributed by atoms with Gasteiger partial charge in [0.05, 0.1) is 13.7 Å². The first kappa shape index (κ1) is 15.1. The summed E-state index contributed by atoms with van der Waals surface area (Å²) < 4.78 is 9.97. The molecule has 0 aliphatic carbocycles. The summed E-state index contributed by atoms with van der Waals surface area (Å²) in [5.74, 6) is -0.478. The van der Waals surface area contributed by atoms with Crippen LogP contribution in [0.5, 0.6) is 0 Å². The molecule has 0 radical (unpaired) electrons. The number of hydrogen-bond donors (Lipinski definition) is 1. The van der Waals surface area contributed by atoms with Crippen molar-refractivity contribution in [3.8, 4) is 0 Å². The van der Waals surface area contributed by atoms with Gasteiger partial charge in [0.1, 0.15) is 0 Å². The van der Waals surface area contributed by atoms with Crippen LogP contribution in [0.2, 0.25) is 0 Å². The van der Waals surface area contributed by atoms with Gasteiger partial charge >= 0.3 is 5.97 Å². The Labute approximate surface area is 123 Å². The van der Waals surface area contributed by atoms with E-state index in [-0.39, 0.29) is 18.2 Å². The molecule has 1 unspecified atom stereocenters. The molecule has 0 spiro atoms. The summed E-state index contributed by atoms with van der Waals surface area (Å²) >= 11 is 0. The zero-order chi connectivity index (χ0) is 15.2. The van der Waals surface area contributed by atoms with Crippen LogP contribution in [0.15, 0.2) is 47.2 Å². The number of carbonyl (C=O) groups is 1. The van der Waals surface area contributed by atoms with Gasteiger partial charge < -0.3 is 19.5 Å². The average molecular weight is 290 g/mol. The summed E-state index contributed by atoms with van der Waals surface area (Å²) in [7, 11) is 1.40. The molecule has 1 N–H and O–H groups in total. The second kappa shape index (κ2) is 6.90. The highest BCUT2D eigenvalue weighted by molar-refractivity contribution is 5.94. The number of nitrogens with zero attached hydrogens (tertiary/aromatic N) is 2. The quantitative estimate of drug-likeness (QED) is 0.846. The molecular formula is C15H18N2O4. The molecule has 1 aromatic carbocycles.